The van der Waals surface area contributed by atoms with Crippen molar-refractivity contribution in [2.45, 2.75) is 45.9 Å². The monoisotopic (exact) mass is 491 g/mol. The summed E-state index contributed by atoms with van der Waals surface area (Å²) in [4.78, 5) is 36.5. The molecule has 1 N–H and O–H groups in total. The molecule has 9 heteroatoms. The lowest BCUT2D eigenvalue weighted by atomic mass is 10.1. The Kier molecular flexibility index (Phi) is 7.80. The fraction of sp³-hybridized carbons (Fsp3) is 0.333. The van der Waals surface area contributed by atoms with E-state index in [0.717, 1.165) is 42.5 Å². The molecule has 0 spiro atoms. The normalized spacial score (nSPS) is 15.0. The molecular weight excluding hydrogens is 462 g/mol. The van der Waals surface area contributed by atoms with Crippen LogP contribution in [0, 0.1) is 24.0 Å². The molecular formula is C27H29N3O6. The van der Waals surface area contributed by atoms with E-state index in [0.29, 0.717) is 24.3 Å². The molecule has 4 rings (SSSR count). The van der Waals surface area contributed by atoms with E-state index in [1.165, 1.54) is 12.1 Å². The number of hydrogen-bond donors (Lipinski definition) is 1. The van der Waals surface area contributed by atoms with Crippen LogP contribution in [-0.4, -0.2) is 40.6 Å². The van der Waals surface area contributed by atoms with Gasteiger partial charge in [-0.15, -0.1) is 0 Å². The summed E-state index contributed by atoms with van der Waals surface area (Å²) >= 11 is 0. The number of nitrogens with one attached hydrogen (secondary N) is 1. The quantitative estimate of drug-likeness (QED) is 0.187. The van der Waals surface area contributed by atoms with Gasteiger partial charge < -0.3 is 19.4 Å². The highest BCUT2D eigenvalue weighted by molar-refractivity contribution is 6.02. The topological polar surface area (TPSA) is 113 Å². The molecule has 1 aliphatic heterocycles. The molecule has 1 fully saturated rings. The summed E-state index contributed by atoms with van der Waals surface area (Å²) in [6.45, 7) is 5.17. The van der Waals surface area contributed by atoms with Crippen LogP contribution < -0.4 is 5.32 Å². The Hall–Kier alpha value is -3.98. The maximum absolute atomic E-state index is 12.9. The van der Waals surface area contributed by atoms with Crippen molar-refractivity contribution in [3.05, 3.63) is 92.8 Å². The van der Waals surface area contributed by atoms with Crippen molar-refractivity contribution in [2.24, 2.45) is 0 Å². The van der Waals surface area contributed by atoms with Crippen molar-refractivity contribution in [3.8, 4) is 0 Å². The van der Waals surface area contributed by atoms with Gasteiger partial charge in [0.25, 0.3) is 5.69 Å². The van der Waals surface area contributed by atoms with Crippen molar-refractivity contribution in [1.29, 1.82) is 0 Å². The second kappa shape index (κ2) is 11.2. The summed E-state index contributed by atoms with van der Waals surface area (Å²) in [5, 5.41) is 14.4. The Balaban J connectivity index is 1.46. The Bertz CT molecular complexity index is 1260. The largest absolute Gasteiger partial charge is 0.454 e. The predicted octanol–water partition coefficient (Wildman–Crippen LogP) is 4.84. The zero-order chi connectivity index (χ0) is 25.7. The fourth-order valence-corrected chi connectivity index (χ4v) is 4.40. The van der Waals surface area contributed by atoms with Crippen molar-refractivity contribution >= 4 is 23.1 Å². The minimum absolute atomic E-state index is 0.00298. The number of esters is 1. The SMILES string of the molecule is Cc1cc(C(=O)COC(=O)c2cc([N+](=O)[O-])ccc2NCc2ccccc2)c(C)n1C[C@@H]1CCCO1. The van der Waals surface area contributed by atoms with Crippen LogP contribution >= 0.6 is 0 Å². The second-order valence-electron chi connectivity index (χ2n) is 8.86. The van der Waals surface area contributed by atoms with E-state index in [1.807, 2.05) is 44.2 Å². The molecule has 0 unspecified atom stereocenters. The minimum Gasteiger partial charge on any atom is -0.454 e. The van der Waals surface area contributed by atoms with E-state index in [1.54, 1.807) is 6.07 Å². The number of carbonyl (C=O) groups excluding carboxylic acids is 2. The third kappa shape index (κ3) is 5.80. The first kappa shape index (κ1) is 25.1. The fourth-order valence-electron chi connectivity index (χ4n) is 4.40. The molecule has 1 saturated heterocycles. The number of aromatic nitrogens is 1. The van der Waals surface area contributed by atoms with E-state index in [4.69, 9.17) is 9.47 Å². The number of anilines is 1. The van der Waals surface area contributed by atoms with Gasteiger partial charge in [0, 0.05) is 54.5 Å². The molecule has 1 aliphatic rings. The molecule has 1 aromatic heterocycles. The van der Waals surface area contributed by atoms with Gasteiger partial charge in [0.2, 0.25) is 5.78 Å². The van der Waals surface area contributed by atoms with Gasteiger partial charge in [-0.1, -0.05) is 30.3 Å². The summed E-state index contributed by atoms with van der Waals surface area (Å²) in [7, 11) is 0. The molecule has 2 heterocycles. The van der Waals surface area contributed by atoms with Gasteiger partial charge in [0.15, 0.2) is 6.61 Å². The lowest BCUT2D eigenvalue weighted by Crippen LogP contribution is -2.18. The van der Waals surface area contributed by atoms with Crippen LogP contribution in [0.2, 0.25) is 0 Å². The van der Waals surface area contributed by atoms with Crippen LogP contribution in [0.5, 0.6) is 0 Å². The number of hydrogen-bond acceptors (Lipinski definition) is 7. The minimum atomic E-state index is -0.809. The Labute approximate surface area is 209 Å². The molecule has 36 heavy (non-hydrogen) atoms. The van der Waals surface area contributed by atoms with Gasteiger partial charge in [0.05, 0.1) is 16.6 Å². The number of nitro benzene ring substituents is 1. The summed E-state index contributed by atoms with van der Waals surface area (Å²) < 4.78 is 13.1. The van der Waals surface area contributed by atoms with E-state index >= 15 is 0 Å². The number of ether oxygens (including phenoxy) is 2. The number of carbonyl (C=O) groups is 2. The lowest BCUT2D eigenvalue weighted by molar-refractivity contribution is -0.384. The number of aryl methyl sites for hydroxylation is 1. The number of nitro groups is 1. The molecule has 0 saturated carbocycles. The molecule has 1 atom stereocenters. The molecule has 9 nitrogen and oxygen atoms in total. The van der Waals surface area contributed by atoms with Gasteiger partial charge >= 0.3 is 5.97 Å². The van der Waals surface area contributed by atoms with Gasteiger partial charge in [-0.25, -0.2) is 4.79 Å². The van der Waals surface area contributed by atoms with Crippen LogP contribution in [0.3, 0.4) is 0 Å². The Morgan fingerprint density at radius 3 is 2.61 bits per heavy atom. The highest BCUT2D eigenvalue weighted by Gasteiger charge is 2.23. The maximum Gasteiger partial charge on any atom is 0.340 e. The predicted molar refractivity (Wildman–Crippen MR) is 134 cm³/mol. The van der Waals surface area contributed by atoms with Gasteiger partial charge in [-0.2, -0.15) is 0 Å². The third-order valence-electron chi connectivity index (χ3n) is 6.38. The van der Waals surface area contributed by atoms with Crippen LogP contribution in [0.15, 0.2) is 54.6 Å². The molecule has 3 aromatic rings. The van der Waals surface area contributed by atoms with Gasteiger partial charge in [-0.05, 0) is 44.4 Å². The second-order valence-corrected chi connectivity index (χ2v) is 8.86. The zero-order valence-corrected chi connectivity index (χ0v) is 20.4. The number of benzene rings is 2. The van der Waals surface area contributed by atoms with Crippen molar-refractivity contribution in [3.63, 3.8) is 0 Å². The lowest BCUT2D eigenvalue weighted by Gasteiger charge is -2.15. The zero-order valence-electron chi connectivity index (χ0n) is 20.4. The van der Waals surface area contributed by atoms with Crippen molar-refractivity contribution in [2.75, 3.05) is 18.5 Å². The van der Waals surface area contributed by atoms with E-state index in [-0.39, 0.29) is 23.1 Å². The van der Waals surface area contributed by atoms with E-state index in [9.17, 15) is 19.7 Å². The average Bonchev–Trinajstić information content (AvgIpc) is 3.50. The number of non-ortho nitro benzene ring substituents is 1. The van der Waals surface area contributed by atoms with Crippen LogP contribution in [0.4, 0.5) is 11.4 Å². The van der Waals surface area contributed by atoms with Gasteiger partial charge in [0.1, 0.15) is 0 Å². The highest BCUT2D eigenvalue weighted by atomic mass is 16.6. The number of rotatable bonds is 10. The highest BCUT2D eigenvalue weighted by Crippen LogP contribution is 2.25. The number of ketones is 1. The first-order valence-electron chi connectivity index (χ1n) is 11.9. The van der Waals surface area contributed by atoms with Crippen LogP contribution in [0.1, 0.15) is 50.5 Å². The van der Waals surface area contributed by atoms with Crippen molar-refractivity contribution in [1.82, 2.24) is 4.57 Å². The first-order valence-corrected chi connectivity index (χ1v) is 11.9. The standard InChI is InChI=1S/C27H29N3O6/c1-18-13-23(19(2)29(18)16-22-9-6-12-35-22)26(31)17-36-27(32)24-14-21(30(33)34)10-11-25(24)28-15-20-7-4-3-5-8-20/h3-5,7-8,10-11,13-14,22,28H,6,9,12,15-17H2,1-2H3/t22-/m0/s1. The van der Waals surface area contributed by atoms with E-state index in [2.05, 4.69) is 9.88 Å². The summed E-state index contributed by atoms with van der Waals surface area (Å²) in [6, 6.07) is 15.3. The van der Waals surface area contributed by atoms with Crippen molar-refractivity contribution < 1.29 is 24.0 Å². The number of nitrogens with zero attached hydrogens (tertiary/aromatic N) is 2. The Morgan fingerprint density at radius 2 is 1.92 bits per heavy atom. The Morgan fingerprint density at radius 1 is 1.14 bits per heavy atom. The maximum atomic E-state index is 12.9. The third-order valence-corrected chi connectivity index (χ3v) is 6.38. The molecule has 188 valence electrons. The smallest absolute Gasteiger partial charge is 0.340 e. The number of Topliss-reactive ketones (excluding diaryl/α,β-unsaturated/α-hetero) is 1. The molecule has 0 aliphatic carbocycles. The molecule has 2 aromatic carbocycles. The van der Waals surface area contributed by atoms with Crippen LogP contribution in [0.25, 0.3) is 0 Å². The van der Waals surface area contributed by atoms with Gasteiger partial charge in [-0.3, -0.25) is 14.9 Å². The summed E-state index contributed by atoms with van der Waals surface area (Å²) in [6.07, 6.45) is 2.15. The molecule has 0 bridgehead atoms. The first-order chi connectivity index (χ1) is 17.3. The summed E-state index contributed by atoms with van der Waals surface area (Å²) in [5.74, 6) is -1.14. The summed E-state index contributed by atoms with van der Waals surface area (Å²) in [5.41, 5.74) is 3.33. The molecule has 0 radical (unpaired) electrons. The van der Waals surface area contributed by atoms with Crippen LogP contribution in [-0.2, 0) is 22.6 Å². The van der Waals surface area contributed by atoms with E-state index < -0.39 is 17.5 Å². The average molecular weight is 492 g/mol. The molecule has 0 amide bonds.